The van der Waals surface area contributed by atoms with Gasteiger partial charge in [0.05, 0.1) is 5.56 Å². The second kappa shape index (κ2) is 5.41. The first-order chi connectivity index (χ1) is 9.65. The van der Waals surface area contributed by atoms with Crippen molar-refractivity contribution in [3.63, 3.8) is 0 Å². The number of benzene rings is 2. The van der Waals surface area contributed by atoms with Crippen LogP contribution in [0.25, 0.3) is 0 Å². The third kappa shape index (κ3) is 2.50. The van der Waals surface area contributed by atoms with Crippen molar-refractivity contribution < 1.29 is 4.79 Å². The molecule has 3 rings (SSSR count). The topological polar surface area (TPSA) is 29.1 Å². The van der Waals surface area contributed by atoms with Crippen LogP contribution in [0.2, 0.25) is 0 Å². The van der Waals surface area contributed by atoms with Gasteiger partial charge in [-0.05, 0) is 58.5 Å². The Morgan fingerprint density at radius 1 is 1.10 bits per heavy atom. The fourth-order valence-electron chi connectivity index (χ4n) is 2.75. The van der Waals surface area contributed by atoms with Crippen LogP contribution in [0.15, 0.2) is 46.9 Å². The number of amides is 1. The molecule has 1 aliphatic rings. The minimum Gasteiger partial charge on any atom is -0.349 e. The number of hydrogen-bond donors (Lipinski definition) is 1. The van der Waals surface area contributed by atoms with Gasteiger partial charge in [-0.1, -0.05) is 36.4 Å². The van der Waals surface area contributed by atoms with Crippen LogP contribution < -0.4 is 5.32 Å². The molecule has 1 N–H and O–H groups in total. The highest BCUT2D eigenvalue weighted by Gasteiger charge is 2.23. The van der Waals surface area contributed by atoms with Crippen LogP contribution in [0.5, 0.6) is 0 Å². The molecular formula is C17H16BrNO. The van der Waals surface area contributed by atoms with Crippen LogP contribution in [0.4, 0.5) is 0 Å². The Morgan fingerprint density at radius 3 is 2.40 bits per heavy atom. The molecule has 0 fully saturated rings. The summed E-state index contributed by atoms with van der Waals surface area (Å²) in [5.41, 5.74) is 4.48. The molecule has 102 valence electrons. The van der Waals surface area contributed by atoms with E-state index >= 15 is 0 Å². The molecule has 0 radical (unpaired) electrons. The second-order valence-electron chi connectivity index (χ2n) is 5.28. The van der Waals surface area contributed by atoms with E-state index in [4.69, 9.17) is 0 Å². The Balaban J connectivity index is 1.74. The van der Waals surface area contributed by atoms with Crippen molar-refractivity contribution >= 4 is 21.8 Å². The molecule has 0 spiro atoms. The van der Waals surface area contributed by atoms with E-state index in [2.05, 4.69) is 45.5 Å². The Kier molecular flexibility index (Phi) is 3.62. The third-order valence-electron chi connectivity index (χ3n) is 3.82. The number of carbonyl (C=O) groups is 1. The molecule has 0 saturated carbocycles. The fourth-order valence-corrected chi connectivity index (χ4v) is 3.19. The van der Waals surface area contributed by atoms with E-state index in [9.17, 15) is 4.79 Å². The van der Waals surface area contributed by atoms with Crippen LogP contribution in [-0.4, -0.2) is 11.9 Å². The minimum atomic E-state index is -0.00150. The molecular weight excluding hydrogens is 314 g/mol. The van der Waals surface area contributed by atoms with E-state index in [0.717, 1.165) is 22.9 Å². The van der Waals surface area contributed by atoms with Crippen molar-refractivity contribution in [2.75, 3.05) is 0 Å². The van der Waals surface area contributed by atoms with Crippen molar-refractivity contribution in [3.8, 4) is 0 Å². The van der Waals surface area contributed by atoms with Crippen molar-refractivity contribution in [3.05, 3.63) is 69.2 Å². The lowest BCUT2D eigenvalue weighted by atomic mass is 10.1. The first kappa shape index (κ1) is 13.4. The Morgan fingerprint density at radius 2 is 1.75 bits per heavy atom. The Hall–Kier alpha value is -1.61. The highest BCUT2D eigenvalue weighted by molar-refractivity contribution is 9.10. The first-order valence-electron chi connectivity index (χ1n) is 6.78. The summed E-state index contributed by atoms with van der Waals surface area (Å²) in [6, 6.07) is 14.4. The lowest BCUT2D eigenvalue weighted by molar-refractivity contribution is 0.0937. The molecule has 1 amide bonds. The van der Waals surface area contributed by atoms with E-state index < -0.39 is 0 Å². The number of carbonyl (C=O) groups excluding carboxylic acids is 1. The van der Waals surface area contributed by atoms with Crippen LogP contribution in [0.1, 0.15) is 27.0 Å². The summed E-state index contributed by atoms with van der Waals surface area (Å²) in [5, 5.41) is 3.14. The van der Waals surface area contributed by atoms with Crippen LogP contribution in [-0.2, 0) is 12.8 Å². The number of nitrogens with one attached hydrogen (secondary N) is 1. The van der Waals surface area contributed by atoms with Gasteiger partial charge >= 0.3 is 0 Å². The summed E-state index contributed by atoms with van der Waals surface area (Å²) in [5.74, 6) is -0.00150. The average Bonchev–Trinajstić information content (AvgIpc) is 2.83. The number of rotatable bonds is 2. The second-order valence-corrected chi connectivity index (χ2v) is 6.08. The van der Waals surface area contributed by atoms with Gasteiger partial charge in [-0.15, -0.1) is 0 Å². The van der Waals surface area contributed by atoms with Gasteiger partial charge in [0, 0.05) is 10.5 Å². The van der Waals surface area contributed by atoms with Crippen LogP contribution in [0, 0.1) is 6.92 Å². The number of halogens is 1. The lowest BCUT2D eigenvalue weighted by Gasteiger charge is -2.13. The van der Waals surface area contributed by atoms with E-state index in [0.29, 0.717) is 5.56 Å². The zero-order valence-electron chi connectivity index (χ0n) is 11.3. The molecule has 2 nitrogen and oxygen atoms in total. The highest BCUT2D eigenvalue weighted by Crippen LogP contribution is 2.24. The number of hydrogen-bond acceptors (Lipinski definition) is 1. The van der Waals surface area contributed by atoms with Gasteiger partial charge in [0.15, 0.2) is 0 Å². The Labute approximate surface area is 127 Å². The normalized spacial score (nSPS) is 14.1. The summed E-state index contributed by atoms with van der Waals surface area (Å²) in [7, 11) is 0. The standard InChI is InChI=1S/C17H16BrNO/c1-11-5-4-8-15(16(11)18)17(20)19-14-9-12-6-2-3-7-13(12)10-14/h2-8,14H,9-10H2,1H3,(H,19,20). The van der Waals surface area contributed by atoms with E-state index in [1.54, 1.807) is 0 Å². The van der Waals surface area contributed by atoms with Crippen molar-refractivity contribution in [2.45, 2.75) is 25.8 Å². The van der Waals surface area contributed by atoms with Crippen LogP contribution in [0.3, 0.4) is 0 Å². The molecule has 2 aromatic carbocycles. The molecule has 0 aromatic heterocycles. The molecule has 0 bridgehead atoms. The average molecular weight is 330 g/mol. The molecule has 1 aliphatic carbocycles. The van der Waals surface area contributed by atoms with Gasteiger partial charge in [0.2, 0.25) is 0 Å². The van der Waals surface area contributed by atoms with Gasteiger partial charge in [-0.2, -0.15) is 0 Å². The molecule has 0 unspecified atom stereocenters. The SMILES string of the molecule is Cc1cccc(C(=O)NC2Cc3ccccc3C2)c1Br. The Bertz CT molecular complexity index is 641. The molecule has 0 aliphatic heterocycles. The van der Waals surface area contributed by atoms with Gasteiger partial charge in [-0.25, -0.2) is 0 Å². The molecule has 2 aromatic rings. The predicted octanol–water partition coefficient (Wildman–Crippen LogP) is 3.65. The number of aryl methyl sites for hydroxylation is 1. The minimum absolute atomic E-state index is 0.00150. The monoisotopic (exact) mass is 329 g/mol. The van der Waals surface area contributed by atoms with E-state index in [1.165, 1.54) is 11.1 Å². The lowest BCUT2D eigenvalue weighted by Crippen LogP contribution is -2.35. The smallest absolute Gasteiger partial charge is 0.252 e. The van der Waals surface area contributed by atoms with Gasteiger partial charge in [0.1, 0.15) is 0 Å². The van der Waals surface area contributed by atoms with Gasteiger partial charge in [-0.3, -0.25) is 4.79 Å². The molecule has 0 heterocycles. The van der Waals surface area contributed by atoms with Crippen LogP contribution >= 0.6 is 15.9 Å². The van der Waals surface area contributed by atoms with Crippen molar-refractivity contribution in [1.82, 2.24) is 5.32 Å². The maximum absolute atomic E-state index is 12.4. The molecule has 0 saturated heterocycles. The summed E-state index contributed by atoms with van der Waals surface area (Å²) in [6.07, 6.45) is 1.84. The van der Waals surface area contributed by atoms with E-state index in [1.807, 2.05) is 25.1 Å². The summed E-state index contributed by atoms with van der Waals surface area (Å²) < 4.78 is 0.882. The zero-order valence-corrected chi connectivity index (χ0v) is 12.9. The summed E-state index contributed by atoms with van der Waals surface area (Å²) in [6.45, 7) is 1.99. The predicted molar refractivity (Wildman–Crippen MR) is 84.0 cm³/mol. The molecule has 0 atom stereocenters. The van der Waals surface area contributed by atoms with Crippen molar-refractivity contribution in [2.24, 2.45) is 0 Å². The van der Waals surface area contributed by atoms with Crippen molar-refractivity contribution in [1.29, 1.82) is 0 Å². The first-order valence-corrected chi connectivity index (χ1v) is 7.57. The van der Waals surface area contributed by atoms with E-state index in [-0.39, 0.29) is 11.9 Å². The maximum Gasteiger partial charge on any atom is 0.252 e. The quantitative estimate of drug-likeness (QED) is 0.895. The largest absolute Gasteiger partial charge is 0.349 e. The maximum atomic E-state index is 12.4. The summed E-state index contributed by atoms with van der Waals surface area (Å²) in [4.78, 5) is 12.4. The van der Waals surface area contributed by atoms with Gasteiger partial charge in [0.25, 0.3) is 5.91 Å². The highest BCUT2D eigenvalue weighted by atomic mass is 79.9. The third-order valence-corrected chi connectivity index (χ3v) is 4.88. The van der Waals surface area contributed by atoms with Gasteiger partial charge < -0.3 is 5.32 Å². The molecule has 20 heavy (non-hydrogen) atoms. The number of fused-ring (bicyclic) bond motifs is 1. The molecule has 3 heteroatoms. The zero-order chi connectivity index (χ0) is 14.1. The fraction of sp³-hybridized carbons (Fsp3) is 0.235. The summed E-state index contributed by atoms with van der Waals surface area (Å²) >= 11 is 3.50.